The van der Waals surface area contributed by atoms with Crippen molar-refractivity contribution in [3.8, 4) is 5.75 Å². The molecule has 0 spiro atoms. The number of carbonyl (C=O) groups is 1. The van der Waals surface area contributed by atoms with E-state index in [2.05, 4.69) is 92.5 Å². The highest BCUT2D eigenvalue weighted by Gasteiger charge is 2.26. The lowest BCUT2D eigenvalue weighted by molar-refractivity contribution is -0.104. The van der Waals surface area contributed by atoms with Crippen LogP contribution in [0.2, 0.25) is 0 Å². The van der Waals surface area contributed by atoms with Gasteiger partial charge in [-0.2, -0.15) is 10.2 Å². The average molecular weight is 639 g/mol. The second-order valence-corrected chi connectivity index (χ2v) is 11.4. The summed E-state index contributed by atoms with van der Waals surface area (Å²) < 4.78 is 6.24. The van der Waals surface area contributed by atoms with Gasteiger partial charge in [0.05, 0.1) is 6.61 Å². The molecular formula is C43H62N2O2. The first-order chi connectivity index (χ1) is 22.9. The second-order valence-electron chi connectivity index (χ2n) is 11.4. The molecule has 3 aromatic carbocycles. The van der Waals surface area contributed by atoms with E-state index in [1.807, 2.05) is 61.5 Å². The van der Waals surface area contributed by atoms with Crippen LogP contribution in [0.5, 0.6) is 5.75 Å². The summed E-state index contributed by atoms with van der Waals surface area (Å²) in [6.07, 6.45) is 9.39. The number of hydrogen-bond acceptors (Lipinski definition) is 4. The largest absolute Gasteiger partial charge is 0.493 e. The minimum atomic E-state index is -0.0993. The number of hydrogen-bond donors (Lipinski definition) is 0. The van der Waals surface area contributed by atoms with E-state index < -0.39 is 0 Å². The standard InChI is InChI=1S/C30H30N2O2.C7H14.3C2H6/c1-5-31-32-22(4)30-25-11-9-20(2)28(18-25)27(13-15-33)24-8-6-7-23(17-24)14-16-34-29-19-26(30)12-10-21(29)3;1-3-6(2)7-4-5-7;3*1-2/h5-13,15,17-19,30H,14,16H2,1-4H3;6-7H,3-5H2,1-2H3;3*1-2H3/b27-13-,31-5-,32-22+;;;;. The molecule has 3 aromatic rings. The van der Waals surface area contributed by atoms with Crippen molar-refractivity contribution in [2.24, 2.45) is 22.0 Å². The molecular weight excluding hydrogens is 576 g/mol. The fourth-order valence-electron chi connectivity index (χ4n) is 5.52. The molecule has 1 aliphatic carbocycles. The number of rotatable bonds is 5. The Hall–Kier alpha value is -3.79. The molecule has 6 bridgehead atoms. The Morgan fingerprint density at radius 1 is 0.915 bits per heavy atom. The number of allylic oxidation sites excluding steroid dienone is 1. The van der Waals surface area contributed by atoms with Crippen LogP contribution in [0.3, 0.4) is 0 Å². The molecule has 0 N–H and O–H groups in total. The highest BCUT2D eigenvalue weighted by molar-refractivity contribution is 5.94. The first kappa shape index (κ1) is 41.2. The summed E-state index contributed by atoms with van der Waals surface area (Å²) in [5.41, 5.74) is 9.44. The van der Waals surface area contributed by atoms with E-state index in [-0.39, 0.29) is 5.92 Å². The molecule has 0 aromatic heterocycles. The number of ether oxygens (including phenoxy) is 1. The molecule has 0 saturated heterocycles. The maximum atomic E-state index is 11.7. The van der Waals surface area contributed by atoms with Gasteiger partial charge in [-0.15, -0.1) is 0 Å². The predicted octanol–water partition coefficient (Wildman–Crippen LogP) is 12.0. The maximum absolute atomic E-state index is 11.7. The SMILES string of the molecule is C/C=N\N=C(/C)C1c2ccc(C)c(c2)OCCc2cccc(c2)/C(=C/C=O)c2cc1ccc2C.CC.CC.CC.CCC(C)C1CC1. The van der Waals surface area contributed by atoms with E-state index >= 15 is 0 Å². The van der Waals surface area contributed by atoms with Crippen molar-refractivity contribution < 1.29 is 9.53 Å². The maximum Gasteiger partial charge on any atom is 0.143 e. The number of nitrogens with zero attached hydrogens (tertiary/aromatic N) is 2. The van der Waals surface area contributed by atoms with Gasteiger partial charge in [0.1, 0.15) is 12.0 Å². The lowest BCUT2D eigenvalue weighted by Crippen LogP contribution is -2.13. The van der Waals surface area contributed by atoms with E-state index in [0.717, 1.165) is 75.0 Å². The molecule has 1 aliphatic heterocycles. The molecule has 47 heavy (non-hydrogen) atoms. The summed E-state index contributed by atoms with van der Waals surface area (Å²) >= 11 is 0. The van der Waals surface area contributed by atoms with Crippen molar-refractivity contribution in [2.45, 2.75) is 115 Å². The second kappa shape index (κ2) is 22.7. The summed E-state index contributed by atoms with van der Waals surface area (Å²) in [6, 6.07) is 21.2. The monoisotopic (exact) mass is 638 g/mol. The van der Waals surface area contributed by atoms with Gasteiger partial charge in [-0.25, -0.2) is 0 Å². The summed E-state index contributed by atoms with van der Waals surface area (Å²) in [5, 5.41) is 8.62. The van der Waals surface area contributed by atoms with Crippen LogP contribution in [0, 0.1) is 25.7 Å². The van der Waals surface area contributed by atoms with Crippen molar-refractivity contribution in [1.29, 1.82) is 0 Å². The molecule has 4 heteroatoms. The van der Waals surface area contributed by atoms with Gasteiger partial charge in [-0.1, -0.05) is 110 Å². The molecule has 2 atom stereocenters. The number of aldehydes is 1. The van der Waals surface area contributed by atoms with E-state index in [4.69, 9.17) is 4.74 Å². The Morgan fingerprint density at radius 3 is 2.13 bits per heavy atom. The minimum Gasteiger partial charge on any atom is -0.493 e. The normalized spacial score (nSPS) is 16.6. The lowest BCUT2D eigenvalue weighted by atomic mass is 9.83. The fourth-order valence-corrected chi connectivity index (χ4v) is 5.52. The predicted molar refractivity (Wildman–Crippen MR) is 206 cm³/mol. The van der Waals surface area contributed by atoms with E-state index in [9.17, 15) is 4.79 Å². The number of fused-ring (bicyclic) bond motifs is 6. The summed E-state index contributed by atoms with van der Waals surface area (Å²) in [7, 11) is 0. The van der Waals surface area contributed by atoms with E-state index in [1.165, 1.54) is 24.8 Å². The summed E-state index contributed by atoms with van der Waals surface area (Å²) in [4.78, 5) is 11.7. The van der Waals surface area contributed by atoms with E-state index in [0.29, 0.717) is 6.61 Å². The zero-order valence-electron chi connectivity index (χ0n) is 31.5. The number of carbonyl (C=O) groups excluding carboxylic acids is 1. The first-order valence-electron chi connectivity index (χ1n) is 18.0. The van der Waals surface area contributed by atoms with Crippen LogP contribution < -0.4 is 4.74 Å². The number of aryl methyl sites for hydroxylation is 2. The van der Waals surface area contributed by atoms with Gasteiger partial charge in [0.15, 0.2) is 0 Å². The van der Waals surface area contributed by atoms with Crippen LogP contribution in [-0.2, 0) is 11.2 Å². The van der Waals surface area contributed by atoms with Gasteiger partial charge >= 0.3 is 0 Å². The van der Waals surface area contributed by atoms with Crippen molar-refractivity contribution in [3.63, 3.8) is 0 Å². The Balaban J connectivity index is 0.000000726. The average Bonchev–Trinajstić information content (AvgIpc) is 3.97. The third-order valence-electron chi connectivity index (χ3n) is 8.37. The molecule has 4 nitrogen and oxygen atoms in total. The van der Waals surface area contributed by atoms with Crippen LogP contribution >= 0.6 is 0 Å². The van der Waals surface area contributed by atoms with Gasteiger partial charge in [-0.05, 0) is 115 Å². The topological polar surface area (TPSA) is 51.0 Å². The molecule has 0 radical (unpaired) electrons. The van der Waals surface area contributed by atoms with Gasteiger partial charge in [-0.3, -0.25) is 4.79 Å². The molecule has 2 aliphatic rings. The lowest BCUT2D eigenvalue weighted by Gasteiger charge is -2.22. The van der Waals surface area contributed by atoms with Crippen LogP contribution in [0.15, 0.2) is 76.9 Å². The molecule has 1 heterocycles. The fraction of sp³-hybridized carbons (Fsp3) is 0.465. The van der Waals surface area contributed by atoms with Gasteiger partial charge in [0.25, 0.3) is 0 Å². The Morgan fingerprint density at radius 2 is 1.55 bits per heavy atom. The van der Waals surface area contributed by atoms with Gasteiger partial charge in [0, 0.05) is 24.3 Å². The zero-order valence-corrected chi connectivity index (χ0v) is 31.5. The molecule has 256 valence electrons. The molecule has 5 rings (SSSR count). The van der Waals surface area contributed by atoms with Crippen LogP contribution in [0.25, 0.3) is 5.57 Å². The van der Waals surface area contributed by atoms with Crippen molar-refractivity contribution in [1.82, 2.24) is 0 Å². The zero-order chi connectivity index (χ0) is 35.4. The summed E-state index contributed by atoms with van der Waals surface area (Å²) in [6.45, 7) is 25.2. The van der Waals surface area contributed by atoms with Gasteiger partial charge < -0.3 is 4.74 Å². The first-order valence-corrected chi connectivity index (χ1v) is 18.0. The minimum absolute atomic E-state index is 0.0993. The molecule has 1 saturated carbocycles. The molecule has 1 fully saturated rings. The Bertz CT molecular complexity index is 1450. The van der Waals surface area contributed by atoms with Crippen LogP contribution in [-0.4, -0.2) is 24.8 Å². The van der Waals surface area contributed by atoms with E-state index in [1.54, 1.807) is 12.3 Å². The highest BCUT2D eigenvalue weighted by Crippen LogP contribution is 2.38. The quantitative estimate of drug-likeness (QED) is 0.121. The van der Waals surface area contributed by atoms with Crippen LogP contribution in [0.4, 0.5) is 0 Å². The highest BCUT2D eigenvalue weighted by atomic mass is 16.5. The third kappa shape index (κ3) is 12.4. The van der Waals surface area contributed by atoms with Crippen molar-refractivity contribution >= 4 is 23.8 Å². The summed E-state index contributed by atoms with van der Waals surface area (Å²) in [5.74, 6) is 2.92. The van der Waals surface area contributed by atoms with Gasteiger partial charge in [0.2, 0.25) is 0 Å². The smallest absolute Gasteiger partial charge is 0.143 e. The van der Waals surface area contributed by atoms with Crippen LogP contribution in [0.1, 0.15) is 133 Å². The number of benzene rings is 3. The third-order valence-corrected chi connectivity index (χ3v) is 8.37. The van der Waals surface area contributed by atoms with Crippen molar-refractivity contribution in [3.05, 3.63) is 106 Å². The molecule has 0 amide bonds. The Kier molecular flexibility index (Phi) is 19.9. The van der Waals surface area contributed by atoms with Crippen molar-refractivity contribution in [2.75, 3.05) is 6.61 Å². The molecule has 2 unspecified atom stereocenters. The Labute approximate surface area is 287 Å².